The Morgan fingerprint density at radius 3 is 2.38 bits per heavy atom. The van der Waals surface area contributed by atoms with Gasteiger partial charge in [-0.05, 0) is 36.8 Å². The number of nitrogens with zero attached hydrogens (tertiary/aromatic N) is 1. The highest BCUT2D eigenvalue weighted by molar-refractivity contribution is 5.92. The van der Waals surface area contributed by atoms with Crippen LogP contribution in [0.4, 0.5) is 5.69 Å². The number of oxime groups is 1. The molecule has 6 heteroatoms. The molecule has 0 saturated heterocycles. The van der Waals surface area contributed by atoms with E-state index in [2.05, 4.69) is 15.2 Å². The van der Waals surface area contributed by atoms with Crippen molar-refractivity contribution >= 4 is 23.8 Å². The van der Waals surface area contributed by atoms with Gasteiger partial charge in [0, 0.05) is 5.69 Å². The fraction of sp³-hybridized carbons (Fsp3) is 0.167. The van der Waals surface area contributed by atoms with Crippen LogP contribution < -0.4 is 5.32 Å². The Labute approximate surface area is 140 Å². The van der Waals surface area contributed by atoms with Crippen molar-refractivity contribution in [2.75, 3.05) is 19.0 Å². The Kier molecular flexibility index (Phi) is 6.08. The molecule has 0 unspecified atom stereocenters. The molecule has 0 aliphatic carbocycles. The first-order valence-electron chi connectivity index (χ1n) is 7.29. The van der Waals surface area contributed by atoms with Crippen molar-refractivity contribution in [2.45, 2.75) is 6.92 Å². The molecule has 2 rings (SSSR count). The summed E-state index contributed by atoms with van der Waals surface area (Å²) in [5.74, 6) is -0.695. The molecule has 0 bridgehead atoms. The van der Waals surface area contributed by atoms with Crippen molar-refractivity contribution in [2.24, 2.45) is 5.16 Å². The van der Waals surface area contributed by atoms with E-state index in [1.54, 1.807) is 24.3 Å². The first kappa shape index (κ1) is 17.2. The van der Waals surface area contributed by atoms with Crippen LogP contribution in [0.1, 0.15) is 21.5 Å². The molecular formula is C18H18N2O4. The predicted molar refractivity (Wildman–Crippen MR) is 91.1 cm³/mol. The van der Waals surface area contributed by atoms with Gasteiger partial charge in [-0.15, -0.1) is 0 Å². The molecule has 1 amide bonds. The Morgan fingerprint density at radius 1 is 1.08 bits per heavy atom. The summed E-state index contributed by atoms with van der Waals surface area (Å²) in [4.78, 5) is 28.0. The lowest BCUT2D eigenvalue weighted by atomic mass is 10.1. The van der Waals surface area contributed by atoms with Crippen LogP contribution in [-0.2, 0) is 14.4 Å². The zero-order valence-electron chi connectivity index (χ0n) is 13.5. The van der Waals surface area contributed by atoms with Gasteiger partial charge >= 0.3 is 5.97 Å². The summed E-state index contributed by atoms with van der Waals surface area (Å²) in [7, 11) is 1.33. The standard InChI is InChI=1S/C18H18N2O4/c1-13-3-9-16(10-4-13)20-17(21)12-24-19-11-14-5-7-15(8-6-14)18(22)23-2/h3-11H,12H2,1-2H3,(H,20,21)/b19-11+. The molecule has 0 fully saturated rings. The van der Waals surface area contributed by atoms with E-state index in [1.165, 1.54) is 13.3 Å². The Hall–Kier alpha value is -3.15. The SMILES string of the molecule is COC(=O)c1ccc(/C=N/OCC(=O)Nc2ccc(C)cc2)cc1. The summed E-state index contributed by atoms with van der Waals surface area (Å²) >= 11 is 0. The van der Waals surface area contributed by atoms with Crippen molar-refractivity contribution < 1.29 is 19.2 Å². The lowest BCUT2D eigenvalue weighted by molar-refractivity contribution is -0.120. The molecule has 0 radical (unpaired) electrons. The highest BCUT2D eigenvalue weighted by Gasteiger charge is 2.04. The number of esters is 1. The van der Waals surface area contributed by atoms with Gasteiger partial charge in [0.25, 0.3) is 5.91 Å². The number of aryl methyl sites for hydroxylation is 1. The van der Waals surface area contributed by atoms with Gasteiger partial charge in [0.15, 0.2) is 6.61 Å². The average Bonchev–Trinajstić information content (AvgIpc) is 2.60. The number of methoxy groups -OCH3 is 1. The first-order chi connectivity index (χ1) is 11.6. The van der Waals surface area contributed by atoms with E-state index in [4.69, 9.17) is 4.84 Å². The number of amides is 1. The van der Waals surface area contributed by atoms with Crippen LogP contribution in [-0.4, -0.2) is 31.8 Å². The minimum Gasteiger partial charge on any atom is -0.465 e. The molecular weight excluding hydrogens is 308 g/mol. The highest BCUT2D eigenvalue weighted by atomic mass is 16.6. The van der Waals surface area contributed by atoms with Crippen LogP contribution in [0.15, 0.2) is 53.7 Å². The predicted octanol–water partition coefficient (Wildman–Crippen LogP) is 2.77. The molecule has 1 N–H and O–H groups in total. The average molecular weight is 326 g/mol. The van der Waals surface area contributed by atoms with Crippen LogP contribution in [0.25, 0.3) is 0 Å². The third-order valence-electron chi connectivity index (χ3n) is 3.14. The van der Waals surface area contributed by atoms with E-state index < -0.39 is 5.97 Å². The summed E-state index contributed by atoms with van der Waals surface area (Å²) in [6.45, 7) is 1.78. The number of carbonyl (C=O) groups excluding carboxylic acids is 2. The minimum atomic E-state index is -0.400. The Balaban J connectivity index is 1.78. The normalized spacial score (nSPS) is 10.4. The van der Waals surface area contributed by atoms with E-state index in [0.29, 0.717) is 11.3 Å². The van der Waals surface area contributed by atoms with Gasteiger partial charge in [0.05, 0.1) is 18.9 Å². The smallest absolute Gasteiger partial charge is 0.337 e. The molecule has 0 aliphatic rings. The van der Waals surface area contributed by atoms with Crippen molar-refractivity contribution in [3.05, 3.63) is 65.2 Å². The van der Waals surface area contributed by atoms with Gasteiger partial charge in [0.1, 0.15) is 0 Å². The number of hydrogen-bond acceptors (Lipinski definition) is 5. The number of ether oxygens (including phenoxy) is 1. The van der Waals surface area contributed by atoms with Crippen molar-refractivity contribution in [3.63, 3.8) is 0 Å². The molecule has 0 aliphatic heterocycles. The van der Waals surface area contributed by atoms with E-state index >= 15 is 0 Å². The summed E-state index contributed by atoms with van der Waals surface area (Å²) < 4.78 is 4.61. The van der Waals surface area contributed by atoms with Crippen LogP contribution in [0.2, 0.25) is 0 Å². The van der Waals surface area contributed by atoms with Gasteiger partial charge in [-0.2, -0.15) is 0 Å². The third-order valence-corrected chi connectivity index (χ3v) is 3.14. The molecule has 0 heterocycles. The summed E-state index contributed by atoms with van der Waals surface area (Å²) in [5.41, 5.74) is 3.01. The van der Waals surface area contributed by atoms with E-state index in [0.717, 1.165) is 11.1 Å². The van der Waals surface area contributed by atoms with Crippen LogP contribution in [0.5, 0.6) is 0 Å². The third kappa shape index (κ3) is 5.24. The monoisotopic (exact) mass is 326 g/mol. The quantitative estimate of drug-likeness (QED) is 0.503. The maximum atomic E-state index is 11.7. The summed E-state index contributed by atoms with van der Waals surface area (Å²) in [5, 5.41) is 6.43. The van der Waals surface area contributed by atoms with Crippen molar-refractivity contribution in [3.8, 4) is 0 Å². The minimum absolute atomic E-state index is 0.190. The molecule has 0 atom stereocenters. The second-order valence-corrected chi connectivity index (χ2v) is 5.04. The molecule has 2 aromatic carbocycles. The second-order valence-electron chi connectivity index (χ2n) is 5.04. The van der Waals surface area contributed by atoms with Gasteiger partial charge in [-0.25, -0.2) is 4.79 Å². The number of nitrogens with one attached hydrogen (secondary N) is 1. The molecule has 2 aromatic rings. The first-order valence-corrected chi connectivity index (χ1v) is 7.29. The van der Waals surface area contributed by atoms with E-state index in [-0.39, 0.29) is 12.5 Å². The number of rotatable bonds is 6. The fourth-order valence-electron chi connectivity index (χ4n) is 1.85. The zero-order valence-corrected chi connectivity index (χ0v) is 13.5. The maximum Gasteiger partial charge on any atom is 0.337 e. The van der Waals surface area contributed by atoms with Gasteiger partial charge in [0.2, 0.25) is 0 Å². The summed E-state index contributed by atoms with van der Waals surface area (Å²) in [6.07, 6.45) is 1.46. The van der Waals surface area contributed by atoms with Crippen LogP contribution in [0, 0.1) is 6.92 Å². The van der Waals surface area contributed by atoms with E-state index in [1.807, 2.05) is 31.2 Å². The van der Waals surface area contributed by atoms with Crippen molar-refractivity contribution in [1.29, 1.82) is 0 Å². The number of anilines is 1. The maximum absolute atomic E-state index is 11.7. The van der Waals surface area contributed by atoms with Crippen LogP contribution >= 0.6 is 0 Å². The molecule has 6 nitrogen and oxygen atoms in total. The van der Waals surface area contributed by atoms with Crippen molar-refractivity contribution in [1.82, 2.24) is 0 Å². The number of carbonyl (C=O) groups is 2. The van der Waals surface area contributed by atoms with E-state index in [9.17, 15) is 9.59 Å². The number of benzene rings is 2. The van der Waals surface area contributed by atoms with Gasteiger partial charge < -0.3 is 14.9 Å². The second kappa shape index (κ2) is 8.47. The largest absolute Gasteiger partial charge is 0.465 e. The number of hydrogen-bond donors (Lipinski definition) is 1. The molecule has 124 valence electrons. The Bertz CT molecular complexity index is 722. The lowest BCUT2D eigenvalue weighted by Gasteiger charge is -2.04. The molecule has 0 saturated carbocycles. The fourth-order valence-corrected chi connectivity index (χ4v) is 1.85. The lowest BCUT2D eigenvalue weighted by Crippen LogP contribution is -2.16. The van der Waals surface area contributed by atoms with Gasteiger partial charge in [-0.3, -0.25) is 4.79 Å². The van der Waals surface area contributed by atoms with Gasteiger partial charge in [-0.1, -0.05) is 35.0 Å². The molecule has 24 heavy (non-hydrogen) atoms. The topological polar surface area (TPSA) is 77.0 Å². The highest BCUT2D eigenvalue weighted by Crippen LogP contribution is 2.08. The zero-order chi connectivity index (χ0) is 17.4. The van der Waals surface area contributed by atoms with Crippen LogP contribution in [0.3, 0.4) is 0 Å². The molecule has 0 spiro atoms. The Morgan fingerprint density at radius 2 is 1.75 bits per heavy atom. The summed E-state index contributed by atoms with van der Waals surface area (Å²) in [6, 6.07) is 14.1. The molecule has 0 aromatic heterocycles.